The predicted molar refractivity (Wildman–Crippen MR) is 126 cm³/mol. The molecule has 0 saturated heterocycles. The van der Waals surface area contributed by atoms with Crippen molar-refractivity contribution in [1.82, 2.24) is 0 Å². The number of anilines is 2. The molecule has 0 atom stereocenters. The second kappa shape index (κ2) is 11.6. The number of benzene rings is 3. The van der Waals surface area contributed by atoms with Gasteiger partial charge in [0.2, 0.25) is 0 Å². The number of esters is 1. The maximum Gasteiger partial charge on any atom is 0.338 e. The molecule has 32 heavy (non-hydrogen) atoms. The molecular weight excluding hydrogens is 404 g/mol. The van der Waals surface area contributed by atoms with E-state index in [1.807, 2.05) is 54.6 Å². The molecular formula is C26H28N2O4. The van der Waals surface area contributed by atoms with Gasteiger partial charge in [-0.1, -0.05) is 55.8 Å². The van der Waals surface area contributed by atoms with Gasteiger partial charge in [0.25, 0.3) is 5.91 Å². The average molecular weight is 433 g/mol. The molecule has 6 heteroatoms. The van der Waals surface area contributed by atoms with Crippen LogP contribution >= 0.6 is 0 Å². The van der Waals surface area contributed by atoms with E-state index in [1.165, 1.54) is 11.6 Å². The Morgan fingerprint density at radius 3 is 2.41 bits per heavy atom. The van der Waals surface area contributed by atoms with Crippen LogP contribution in [0.5, 0.6) is 5.75 Å². The van der Waals surface area contributed by atoms with E-state index in [4.69, 9.17) is 15.2 Å². The molecule has 0 aliphatic rings. The Bertz CT molecular complexity index is 1030. The van der Waals surface area contributed by atoms with Crippen molar-refractivity contribution in [3.8, 4) is 5.75 Å². The number of hydrogen-bond acceptors (Lipinski definition) is 5. The van der Waals surface area contributed by atoms with Gasteiger partial charge in [-0.05, 0) is 54.3 Å². The van der Waals surface area contributed by atoms with E-state index < -0.39 is 5.97 Å². The molecule has 6 nitrogen and oxygen atoms in total. The maximum atomic E-state index is 12.4. The van der Waals surface area contributed by atoms with Crippen LogP contribution in [-0.4, -0.2) is 18.5 Å². The SMILES string of the molecule is CCCCc1ccc(NC(=O)COc2cc(C(=O)OCc3ccccc3)ccc2N)cc1. The summed E-state index contributed by atoms with van der Waals surface area (Å²) in [5.74, 6) is -0.557. The third kappa shape index (κ3) is 6.87. The van der Waals surface area contributed by atoms with Gasteiger partial charge in [0.1, 0.15) is 12.4 Å². The number of nitrogen functional groups attached to an aromatic ring is 1. The first-order valence-electron chi connectivity index (χ1n) is 10.7. The van der Waals surface area contributed by atoms with Crippen LogP contribution < -0.4 is 15.8 Å². The number of rotatable bonds is 10. The summed E-state index contributed by atoms with van der Waals surface area (Å²) in [7, 11) is 0. The summed E-state index contributed by atoms with van der Waals surface area (Å²) < 4.78 is 10.9. The number of unbranched alkanes of at least 4 members (excludes halogenated alkanes) is 1. The number of aryl methyl sites for hydroxylation is 1. The summed E-state index contributed by atoms with van der Waals surface area (Å²) in [5.41, 5.74) is 9.40. The molecule has 0 aromatic heterocycles. The Kier molecular flexibility index (Phi) is 8.26. The number of hydrogen-bond donors (Lipinski definition) is 2. The maximum absolute atomic E-state index is 12.4. The molecule has 3 rings (SSSR count). The fraction of sp³-hybridized carbons (Fsp3) is 0.231. The summed E-state index contributed by atoms with van der Waals surface area (Å²) in [6.07, 6.45) is 3.31. The minimum absolute atomic E-state index is 0.167. The van der Waals surface area contributed by atoms with Gasteiger partial charge in [-0.15, -0.1) is 0 Å². The average Bonchev–Trinajstić information content (AvgIpc) is 2.82. The van der Waals surface area contributed by atoms with E-state index in [2.05, 4.69) is 12.2 Å². The molecule has 0 saturated carbocycles. The van der Waals surface area contributed by atoms with Crippen LogP contribution in [0.15, 0.2) is 72.8 Å². The lowest BCUT2D eigenvalue weighted by molar-refractivity contribution is -0.118. The van der Waals surface area contributed by atoms with Gasteiger partial charge in [0, 0.05) is 5.69 Å². The zero-order valence-electron chi connectivity index (χ0n) is 18.2. The lowest BCUT2D eigenvalue weighted by Gasteiger charge is -2.11. The van der Waals surface area contributed by atoms with Crippen molar-refractivity contribution in [2.45, 2.75) is 32.8 Å². The van der Waals surface area contributed by atoms with E-state index >= 15 is 0 Å². The molecule has 0 bridgehead atoms. The Morgan fingerprint density at radius 2 is 1.69 bits per heavy atom. The molecule has 0 radical (unpaired) electrons. The van der Waals surface area contributed by atoms with Crippen molar-refractivity contribution in [2.75, 3.05) is 17.7 Å². The van der Waals surface area contributed by atoms with Crippen molar-refractivity contribution in [3.63, 3.8) is 0 Å². The van der Waals surface area contributed by atoms with Gasteiger partial charge in [-0.2, -0.15) is 0 Å². The van der Waals surface area contributed by atoms with Crippen molar-refractivity contribution in [1.29, 1.82) is 0 Å². The Balaban J connectivity index is 1.53. The van der Waals surface area contributed by atoms with Crippen LogP contribution in [0.25, 0.3) is 0 Å². The predicted octanol–water partition coefficient (Wildman–Crippen LogP) is 4.99. The number of nitrogens with one attached hydrogen (secondary N) is 1. The molecule has 3 aromatic carbocycles. The highest BCUT2D eigenvalue weighted by molar-refractivity contribution is 5.92. The van der Waals surface area contributed by atoms with Gasteiger partial charge in [-0.3, -0.25) is 4.79 Å². The fourth-order valence-electron chi connectivity index (χ4n) is 3.07. The van der Waals surface area contributed by atoms with E-state index in [0.29, 0.717) is 16.9 Å². The van der Waals surface area contributed by atoms with Gasteiger partial charge in [-0.25, -0.2) is 4.79 Å². The Hall–Kier alpha value is -3.80. The Labute approximate surface area is 188 Å². The van der Waals surface area contributed by atoms with Crippen molar-refractivity contribution in [3.05, 3.63) is 89.5 Å². The number of ether oxygens (including phenoxy) is 2. The summed E-state index contributed by atoms with van der Waals surface area (Å²) in [6.45, 7) is 2.09. The fourth-order valence-corrected chi connectivity index (χ4v) is 3.07. The summed E-state index contributed by atoms with van der Waals surface area (Å²) in [5, 5.41) is 2.79. The van der Waals surface area contributed by atoms with E-state index in [9.17, 15) is 9.59 Å². The number of nitrogens with two attached hydrogens (primary N) is 1. The van der Waals surface area contributed by atoms with Gasteiger partial charge >= 0.3 is 5.97 Å². The van der Waals surface area contributed by atoms with Crippen molar-refractivity contribution < 1.29 is 19.1 Å². The zero-order chi connectivity index (χ0) is 22.8. The van der Waals surface area contributed by atoms with Crippen LogP contribution in [0.3, 0.4) is 0 Å². The van der Waals surface area contributed by atoms with Gasteiger partial charge in [0.15, 0.2) is 6.61 Å². The van der Waals surface area contributed by atoms with Crippen molar-refractivity contribution >= 4 is 23.3 Å². The van der Waals surface area contributed by atoms with Crippen LogP contribution in [0.2, 0.25) is 0 Å². The molecule has 0 aliphatic carbocycles. The normalized spacial score (nSPS) is 10.4. The third-order valence-electron chi connectivity index (χ3n) is 4.88. The minimum atomic E-state index is -0.494. The topological polar surface area (TPSA) is 90.6 Å². The first-order valence-corrected chi connectivity index (χ1v) is 10.7. The number of carbonyl (C=O) groups is 2. The second-order valence-corrected chi connectivity index (χ2v) is 7.45. The van der Waals surface area contributed by atoms with Gasteiger partial charge < -0.3 is 20.5 Å². The van der Waals surface area contributed by atoms with Crippen molar-refractivity contribution in [2.24, 2.45) is 0 Å². The quantitative estimate of drug-likeness (QED) is 0.348. The largest absolute Gasteiger partial charge is 0.482 e. The number of amides is 1. The summed E-state index contributed by atoms with van der Waals surface area (Å²) in [4.78, 5) is 24.6. The summed E-state index contributed by atoms with van der Waals surface area (Å²) >= 11 is 0. The lowest BCUT2D eigenvalue weighted by Crippen LogP contribution is -2.20. The standard InChI is InChI=1S/C26H28N2O4/c1-2-3-7-19-10-13-22(14-11-19)28-25(29)18-31-24-16-21(12-15-23(24)27)26(30)32-17-20-8-5-4-6-9-20/h4-6,8-16H,2-3,7,17-18,27H2,1H3,(H,28,29). The molecule has 0 heterocycles. The molecule has 0 unspecified atom stereocenters. The first-order chi connectivity index (χ1) is 15.5. The van der Waals surface area contributed by atoms with E-state index in [0.717, 1.165) is 24.8 Å². The molecule has 0 spiro atoms. The van der Waals surface area contributed by atoms with Gasteiger partial charge in [0.05, 0.1) is 11.3 Å². The van der Waals surface area contributed by atoms with Crippen LogP contribution in [-0.2, 0) is 22.6 Å². The van der Waals surface area contributed by atoms with Crippen LogP contribution in [0.1, 0.15) is 41.3 Å². The third-order valence-corrected chi connectivity index (χ3v) is 4.88. The highest BCUT2D eigenvalue weighted by atomic mass is 16.5. The smallest absolute Gasteiger partial charge is 0.338 e. The molecule has 0 aliphatic heterocycles. The second-order valence-electron chi connectivity index (χ2n) is 7.45. The first kappa shape index (κ1) is 22.9. The molecule has 0 fully saturated rings. The highest BCUT2D eigenvalue weighted by Gasteiger charge is 2.12. The molecule has 1 amide bonds. The summed E-state index contributed by atoms with van der Waals surface area (Å²) in [6, 6.07) is 21.8. The lowest BCUT2D eigenvalue weighted by atomic mass is 10.1. The Morgan fingerprint density at radius 1 is 0.938 bits per heavy atom. The van der Waals surface area contributed by atoms with Crippen LogP contribution in [0, 0.1) is 0 Å². The molecule has 3 aromatic rings. The minimum Gasteiger partial charge on any atom is -0.482 e. The molecule has 166 valence electrons. The monoisotopic (exact) mass is 432 g/mol. The number of carbonyl (C=O) groups excluding carboxylic acids is 2. The highest BCUT2D eigenvalue weighted by Crippen LogP contribution is 2.23. The van der Waals surface area contributed by atoms with E-state index in [1.54, 1.807) is 12.1 Å². The zero-order valence-corrected chi connectivity index (χ0v) is 18.2. The van der Waals surface area contributed by atoms with Crippen LogP contribution in [0.4, 0.5) is 11.4 Å². The molecule has 3 N–H and O–H groups in total. The van der Waals surface area contributed by atoms with E-state index in [-0.39, 0.29) is 24.9 Å².